The number of benzene rings is 1. The zero-order chi connectivity index (χ0) is 21.0. The predicted octanol–water partition coefficient (Wildman–Crippen LogP) is 4.74. The number of hydrogen-bond donors (Lipinski definition) is 0. The van der Waals surface area contributed by atoms with Crippen molar-refractivity contribution in [3.05, 3.63) is 27.7 Å². The third-order valence-corrected chi connectivity index (χ3v) is 4.74. The van der Waals surface area contributed by atoms with Gasteiger partial charge in [0.1, 0.15) is 11.2 Å². The van der Waals surface area contributed by atoms with Crippen molar-refractivity contribution in [1.82, 2.24) is 4.57 Å². The minimum atomic E-state index is -0.982. The molecular weight excluding hydrogens is 434 g/mol. The van der Waals surface area contributed by atoms with Crippen LogP contribution in [-0.2, 0) is 19.8 Å². The molecule has 0 atom stereocenters. The highest BCUT2D eigenvalue weighted by Gasteiger charge is 2.40. The topological polar surface area (TPSA) is 93.1 Å². The molecule has 2 heterocycles. The van der Waals surface area contributed by atoms with Crippen LogP contribution in [0.4, 0.5) is 9.59 Å². The van der Waals surface area contributed by atoms with Crippen molar-refractivity contribution in [1.29, 1.82) is 0 Å². The minimum Gasteiger partial charge on any atom is -0.465 e. The summed E-state index contributed by atoms with van der Waals surface area (Å²) in [7, 11) is 1.26. The van der Waals surface area contributed by atoms with Crippen molar-refractivity contribution in [2.75, 3.05) is 7.11 Å². The summed E-state index contributed by atoms with van der Waals surface area (Å²) in [5.74, 6) is -0.709. The van der Waals surface area contributed by atoms with E-state index in [1.165, 1.54) is 13.2 Å². The first-order chi connectivity index (χ1) is 12.9. The lowest BCUT2D eigenvalue weighted by atomic mass is 9.93. The van der Waals surface area contributed by atoms with Crippen molar-refractivity contribution in [2.24, 2.45) is 0 Å². The van der Waals surface area contributed by atoms with E-state index in [-0.39, 0.29) is 11.4 Å². The van der Waals surface area contributed by atoms with Crippen LogP contribution in [-0.4, -0.2) is 35.5 Å². The summed E-state index contributed by atoms with van der Waals surface area (Å²) in [6.07, 6.45) is -1.72. The van der Waals surface area contributed by atoms with Gasteiger partial charge in [-0.15, -0.1) is 0 Å². The van der Waals surface area contributed by atoms with Gasteiger partial charge in [0.2, 0.25) is 5.88 Å². The number of ether oxygens (including phenoxy) is 4. The normalized spacial score (nSPS) is 15.2. The molecule has 0 saturated heterocycles. The molecule has 0 spiro atoms. The lowest BCUT2D eigenvalue weighted by Crippen LogP contribution is -2.35. The molecule has 0 N–H and O–H groups in total. The van der Waals surface area contributed by atoms with E-state index in [0.29, 0.717) is 20.9 Å². The standard InChI is InChI=1S/C19H20BrNO7/c1-18(2,3)28-17(24)26-12-8-9-10(15(22)25-6)7-11(20)13-14(9)21(12)16(23)27-19(13,4)5/h7-8H,1-6H3. The Hall–Kier alpha value is -2.55. The molecule has 150 valence electrons. The lowest BCUT2D eigenvalue weighted by Gasteiger charge is -2.32. The Morgan fingerprint density at radius 2 is 1.86 bits per heavy atom. The quantitative estimate of drug-likeness (QED) is 0.478. The molecule has 0 radical (unpaired) electrons. The average molecular weight is 454 g/mol. The molecule has 0 bridgehead atoms. The second kappa shape index (κ2) is 6.51. The van der Waals surface area contributed by atoms with Gasteiger partial charge in [-0.25, -0.2) is 19.0 Å². The first-order valence-electron chi connectivity index (χ1n) is 8.46. The number of carbonyl (C=O) groups is 3. The van der Waals surface area contributed by atoms with Crippen molar-refractivity contribution >= 4 is 45.1 Å². The fourth-order valence-electron chi connectivity index (χ4n) is 3.11. The van der Waals surface area contributed by atoms with Gasteiger partial charge in [-0.1, -0.05) is 15.9 Å². The summed E-state index contributed by atoms with van der Waals surface area (Å²) in [6.45, 7) is 8.52. The molecule has 1 aliphatic heterocycles. The maximum absolute atomic E-state index is 12.7. The van der Waals surface area contributed by atoms with Gasteiger partial charge < -0.3 is 18.9 Å². The molecule has 0 fully saturated rings. The molecule has 1 aromatic heterocycles. The molecule has 0 saturated carbocycles. The van der Waals surface area contributed by atoms with Crippen LogP contribution in [0.1, 0.15) is 50.5 Å². The van der Waals surface area contributed by atoms with Gasteiger partial charge in [-0.3, -0.25) is 0 Å². The second-order valence-corrected chi connectivity index (χ2v) is 8.65. The van der Waals surface area contributed by atoms with E-state index in [1.54, 1.807) is 40.7 Å². The van der Waals surface area contributed by atoms with Crippen LogP contribution in [0.5, 0.6) is 5.88 Å². The minimum absolute atomic E-state index is 0.116. The number of cyclic esters (lactones) is 1. The predicted molar refractivity (Wildman–Crippen MR) is 103 cm³/mol. The Morgan fingerprint density at radius 3 is 2.43 bits per heavy atom. The highest BCUT2D eigenvalue weighted by molar-refractivity contribution is 9.10. The molecule has 1 aliphatic rings. The molecular formula is C19H20BrNO7. The highest BCUT2D eigenvalue weighted by Crippen LogP contribution is 2.45. The number of rotatable bonds is 2. The van der Waals surface area contributed by atoms with Crippen molar-refractivity contribution in [3.63, 3.8) is 0 Å². The van der Waals surface area contributed by atoms with E-state index in [9.17, 15) is 14.4 Å². The van der Waals surface area contributed by atoms with E-state index in [2.05, 4.69) is 15.9 Å². The number of esters is 1. The van der Waals surface area contributed by atoms with Crippen molar-refractivity contribution in [2.45, 2.75) is 45.8 Å². The lowest BCUT2D eigenvalue weighted by molar-refractivity contribution is 0.0162. The zero-order valence-electron chi connectivity index (χ0n) is 16.3. The fraction of sp³-hybridized carbons (Fsp3) is 0.421. The van der Waals surface area contributed by atoms with Gasteiger partial charge in [0.15, 0.2) is 0 Å². The van der Waals surface area contributed by atoms with Crippen LogP contribution in [0, 0.1) is 0 Å². The van der Waals surface area contributed by atoms with Gasteiger partial charge in [0.05, 0.1) is 18.2 Å². The monoisotopic (exact) mass is 453 g/mol. The number of carbonyl (C=O) groups excluding carboxylic acids is 3. The van der Waals surface area contributed by atoms with Gasteiger partial charge in [0, 0.05) is 21.5 Å². The summed E-state index contributed by atoms with van der Waals surface area (Å²) in [5, 5.41) is 0.397. The van der Waals surface area contributed by atoms with Crippen LogP contribution in [0.3, 0.4) is 0 Å². The SMILES string of the molecule is COC(=O)c1cc(Br)c2c3c1cc(OC(=O)OC(C)(C)C)n3C(=O)OC2(C)C. The summed E-state index contributed by atoms with van der Waals surface area (Å²) in [5.41, 5.74) is -0.506. The number of halogens is 1. The zero-order valence-corrected chi connectivity index (χ0v) is 17.9. The van der Waals surface area contributed by atoms with Gasteiger partial charge in [-0.2, -0.15) is 0 Å². The number of aromatic nitrogens is 1. The third kappa shape index (κ3) is 3.34. The maximum Gasteiger partial charge on any atom is 0.515 e. The molecule has 3 rings (SSSR count). The van der Waals surface area contributed by atoms with Crippen molar-refractivity contribution < 1.29 is 33.3 Å². The molecule has 28 heavy (non-hydrogen) atoms. The largest absolute Gasteiger partial charge is 0.515 e. The van der Waals surface area contributed by atoms with E-state index in [1.807, 2.05) is 0 Å². The van der Waals surface area contributed by atoms with E-state index in [4.69, 9.17) is 18.9 Å². The highest BCUT2D eigenvalue weighted by atomic mass is 79.9. The Labute approximate surface area is 169 Å². The van der Waals surface area contributed by atoms with Crippen LogP contribution < -0.4 is 4.74 Å². The Balaban J connectivity index is 2.28. The Bertz CT molecular complexity index is 1010. The van der Waals surface area contributed by atoms with Gasteiger partial charge >= 0.3 is 18.2 Å². The van der Waals surface area contributed by atoms with E-state index in [0.717, 1.165) is 4.57 Å². The number of methoxy groups -OCH3 is 1. The molecule has 1 aromatic carbocycles. The van der Waals surface area contributed by atoms with Crippen LogP contribution in [0.25, 0.3) is 10.9 Å². The first kappa shape index (κ1) is 20.2. The number of nitrogens with zero attached hydrogens (tertiary/aromatic N) is 1. The van der Waals surface area contributed by atoms with Crippen LogP contribution in [0.15, 0.2) is 16.6 Å². The molecule has 2 aromatic rings. The smallest absolute Gasteiger partial charge is 0.465 e. The van der Waals surface area contributed by atoms with Gasteiger partial charge in [0.25, 0.3) is 0 Å². The van der Waals surface area contributed by atoms with E-state index >= 15 is 0 Å². The van der Waals surface area contributed by atoms with Crippen molar-refractivity contribution in [3.8, 4) is 5.88 Å². The molecule has 0 amide bonds. The molecule has 8 nitrogen and oxygen atoms in total. The second-order valence-electron chi connectivity index (χ2n) is 7.80. The number of hydrogen-bond acceptors (Lipinski definition) is 7. The summed E-state index contributed by atoms with van der Waals surface area (Å²) < 4.78 is 22.5. The average Bonchev–Trinajstić information content (AvgIpc) is 2.88. The summed E-state index contributed by atoms with van der Waals surface area (Å²) in [4.78, 5) is 37.1. The fourth-order valence-corrected chi connectivity index (χ4v) is 4.00. The maximum atomic E-state index is 12.7. The first-order valence-corrected chi connectivity index (χ1v) is 9.26. The molecule has 0 unspecified atom stereocenters. The third-order valence-electron chi connectivity index (χ3n) is 4.11. The van der Waals surface area contributed by atoms with Gasteiger partial charge in [-0.05, 0) is 40.7 Å². The Morgan fingerprint density at radius 1 is 1.21 bits per heavy atom. The molecule has 0 aliphatic carbocycles. The summed E-state index contributed by atoms with van der Waals surface area (Å²) >= 11 is 3.44. The summed E-state index contributed by atoms with van der Waals surface area (Å²) in [6, 6.07) is 3.01. The molecule has 9 heteroatoms. The van der Waals surface area contributed by atoms with Crippen LogP contribution >= 0.6 is 15.9 Å². The van der Waals surface area contributed by atoms with Crippen LogP contribution in [0.2, 0.25) is 0 Å². The Kier molecular flexibility index (Phi) is 4.69. The van der Waals surface area contributed by atoms with E-state index < -0.39 is 29.4 Å².